The lowest BCUT2D eigenvalue weighted by Gasteiger charge is -2.10. The van der Waals surface area contributed by atoms with Crippen molar-refractivity contribution in [2.75, 3.05) is 0 Å². The lowest BCUT2D eigenvalue weighted by molar-refractivity contribution is -0.384. The predicted molar refractivity (Wildman–Crippen MR) is 138 cm³/mol. The molecule has 3 aromatic carbocycles. The maximum atomic E-state index is 10.8. The molecule has 0 radical (unpaired) electrons. The third-order valence-electron chi connectivity index (χ3n) is 4.77. The largest absolute Gasteiger partial charge is 0.269 e. The van der Waals surface area contributed by atoms with E-state index in [2.05, 4.69) is 42.4 Å². The third-order valence-corrected chi connectivity index (χ3v) is 5.83. The molecule has 0 fully saturated rings. The van der Waals surface area contributed by atoms with Gasteiger partial charge in [-0.3, -0.25) is 15.5 Å². The normalized spacial score (nSPS) is 11.8. The highest BCUT2D eigenvalue weighted by Crippen LogP contribution is 2.33. The topological polar surface area (TPSA) is 92.8 Å². The molecule has 4 rings (SSSR count). The molecule has 0 saturated heterocycles. The number of aromatic nitrogens is 1. The van der Waals surface area contributed by atoms with Crippen LogP contribution in [-0.4, -0.2) is 22.0 Å². The van der Waals surface area contributed by atoms with Gasteiger partial charge in [0.25, 0.3) is 5.69 Å². The van der Waals surface area contributed by atoms with Crippen LogP contribution in [0, 0.1) is 17.0 Å². The number of nitrogens with one attached hydrogen (secondary N) is 1. The molecule has 4 aromatic rings. The van der Waals surface area contributed by atoms with Crippen LogP contribution < -0.4 is 5.43 Å². The summed E-state index contributed by atoms with van der Waals surface area (Å²) < 4.78 is 1.77. The van der Waals surface area contributed by atoms with E-state index in [1.54, 1.807) is 18.3 Å². The molecule has 7 nitrogen and oxygen atoms in total. The van der Waals surface area contributed by atoms with Crippen molar-refractivity contribution in [2.24, 2.45) is 10.1 Å². The van der Waals surface area contributed by atoms with Gasteiger partial charge in [-0.05, 0) is 70.4 Å². The highest BCUT2D eigenvalue weighted by molar-refractivity contribution is 9.11. The lowest BCUT2D eigenvalue weighted by Crippen LogP contribution is -2.20. The van der Waals surface area contributed by atoms with Crippen LogP contribution in [0.1, 0.15) is 16.8 Å². The average molecular weight is 567 g/mol. The molecule has 0 unspecified atom stereocenters. The highest BCUT2D eigenvalue weighted by atomic mass is 79.9. The van der Waals surface area contributed by atoms with Crippen LogP contribution in [0.2, 0.25) is 0 Å². The summed E-state index contributed by atoms with van der Waals surface area (Å²) in [6.45, 7) is 1.97. The van der Waals surface area contributed by atoms with Gasteiger partial charge in [-0.25, -0.2) is 9.98 Å². The smallest absolute Gasteiger partial charge is 0.260 e. The van der Waals surface area contributed by atoms with E-state index in [0.717, 1.165) is 31.1 Å². The van der Waals surface area contributed by atoms with E-state index in [1.807, 2.05) is 55.5 Å². The number of benzene rings is 3. The van der Waals surface area contributed by atoms with Crippen molar-refractivity contribution in [3.8, 4) is 0 Å². The zero-order valence-electron chi connectivity index (χ0n) is 17.4. The molecule has 0 aliphatic carbocycles. The standard InChI is InChI=1S/C24H17Br2N5O2/c1-15-12-18(25)13-20(26)23(15)29-24(22-11-8-17-4-2-3-5-21(17)28-22)30-27-14-16-6-9-19(10-7-16)31(32)33/h2-14H,1H3,(H,29,30). The number of amidine groups is 1. The minimum Gasteiger partial charge on any atom is -0.260 e. The molecule has 0 saturated carbocycles. The molecule has 9 heteroatoms. The summed E-state index contributed by atoms with van der Waals surface area (Å²) in [5.74, 6) is 0.463. The first-order valence-electron chi connectivity index (χ1n) is 9.85. The van der Waals surface area contributed by atoms with Gasteiger partial charge in [0.2, 0.25) is 0 Å². The van der Waals surface area contributed by atoms with Gasteiger partial charge in [0.1, 0.15) is 5.69 Å². The number of nitro benzene ring substituents is 1. The zero-order valence-corrected chi connectivity index (χ0v) is 20.5. The molecular formula is C24H17Br2N5O2. The second kappa shape index (κ2) is 10.0. The number of aliphatic imine (C=N–C) groups is 1. The van der Waals surface area contributed by atoms with Gasteiger partial charge < -0.3 is 0 Å². The van der Waals surface area contributed by atoms with Gasteiger partial charge in [-0.15, -0.1) is 0 Å². The van der Waals surface area contributed by atoms with E-state index < -0.39 is 4.92 Å². The van der Waals surface area contributed by atoms with Gasteiger partial charge in [0.05, 0.1) is 22.3 Å². The van der Waals surface area contributed by atoms with E-state index in [0.29, 0.717) is 17.1 Å². The second-order valence-corrected chi connectivity index (χ2v) is 8.89. The van der Waals surface area contributed by atoms with Crippen molar-refractivity contribution in [2.45, 2.75) is 6.92 Å². The Bertz CT molecular complexity index is 1380. The molecule has 0 amide bonds. The van der Waals surface area contributed by atoms with Crippen LogP contribution in [0.25, 0.3) is 10.9 Å². The SMILES string of the molecule is Cc1cc(Br)cc(Br)c1N=C(NN=Cc1ccc([N+](=O)[O-])cc1)c1ccc2ccccc2n1. The van der Waals surface area contributed by atoms with Crippen LogP contribution in [0.3, 0.4) is 0 Å². The van der Waals surface area contributed by atoms with Gasteiger partial charge in [0, 0.05) is 26.5 Å². The summed E-state index contributed by atoms with van der Waals surface area (Å²) in [5, 5.41) is 16.2. The predicted octanol–water partition coefficient (Wildman–Crippen LogP) is 6.68. The van der Waals surface area contributed by atoms with Crippen molar-refractivity contribution in [3.63, 3.8) is 0 Å². The third kappa shape index (κ3) is 5.50. The number of fused-ring (bicyclic) bond motifs is 1. The van der Waals surface area contributed by atoms with Gasteiger partial charge >= 0.3 is 0 Å². The Hall–Kier alpha value is -3.43. The molecule has 0 aliphatic heterocycles. The molecule has 1 aromatic heterocycles. The quantitative estimate of drug-likeness (QED) is 0.126. The van der Waals surface area contributed by atoms with E-state index in [9.17, 15) is 10.1 Å². The molecule has 1 N–H and O–H groups in total. The minimum absolute atomic E-state index is 0.0262. The Kier molecular flexibility index (Phi) is 6.90. The van der Waals surface area contributed by atoms with E-state index in [4.69, 9.17) is 9.98 Å². The van der Waals surface area contributed by atoms with Gasteiger partial charge in [0.15, 0.2) is 5.84 Å². The van der Waals surface area contributed by atoms with Crippen molar-refractivity contribution < 1.29 is 4.92 Å². The molecule has 33 heavy (non-hydrogen) atoms. The average Bonchev–Trinajstić information content (AvgIpc) is 2.80. The molecule has 0 atom stereocenters. The van der Waals surface area contributed by atoms with Crippen molar-refractivity contribution >= 4 is 66.2 Å². The number of halogens is 2. The summed E-state index contributed by atoms with van der Waals surface area (Å²) in [5.41, 5.74) is 6.92. The number of hydrogen-bond donors (Lipinski definition) is 1. The number of para-hydroxylation sites is 1. The van der Waals surface area contributed by atoms with Gasteiger partial charge in [-0.1, -0.05) is 40.2 Å². The highest BCUT2D eigenvalue weighted by Gasteiger charge is 2.11. The summed E-state index contributed by atoms with van der Waals surface area (Å²) in [6, 6.07) is 21.7. The Morgan fingerprint density at radius 3 is 2.55 bits per heavy atom. The van der Waals surface area contributed by atoms with Crippen LogP contribution in [0.15, 0.2) is 91.8 Å². The summed E-state index contributed by atoms with van der Waals surface area (Å²) in [6.07, 6.45) is 1.57. The second-order valence-electron chi connectivity index (χ2n) is 7.12. The maximum absolute atomic E-state index is 10.8. The number of nitro groups is 1. The minimum atomic E-state index is -0.437. The molecule has 164 valence electrons. The van der Waals surface area contributed by atoms with Crippen molar-refractivity contribution in [1.82, 2.24) is 10.4 Å². The first-order chi connectivity index (χ1) is 15.9. The van der Waals surface area contributed by atoms with Crippen LogP contribution >= 0.6 is 31.9 Å². The molecular weight excluding hydrogens is 550 g/mol. The number of nitrogens with zero attached hydrogens (tertiary/aromatic N) is 4. The number of hydrogen-bond acceptors (Lipinski definition) is 5. The Labute approximate surface area is 206 Å². The van der Waals surface area contributed by atoms with Crippen LogP contribution in [0.5, 0.6) is 0 Å². The number of rotatable bonds is 5. The molecule has 0 aliphatic rings. The first kappa shape index (κ1) is 22.8. The maximum Gasteiger partial charge on any atom is 0.269 e. The van der Waals surface area contributed by atoms with Crippen molar-refractivity contribution in [3.05, 3.63) is 109 Å². The Morgan fingerprint density at radius 1 is 1.06 bits per heavy atom. The summed E-state index contributed by atoms with van der Waals surface area (Å²) in [7, 11) is 0. The molecule has 0 spiro atoms. The fraction of sp³-hybridized carbons (Fsp3) is 0.0417. The summed E-state index contributed by atoms with van der Waals surface area (Å²) >= 11 is 7.08. The van der Waals surface area contributed by atoms with Crippen LogP contribution in [-0.2, 0) is 0 Å². The molecule has 1 heterocycles. The van der Waals surface area contributed by atoms with E-state index in [-0.39, 0.29) is 5.69 Å². The number of hydrazone groups is 1. The summed E-state index contributed by atoms with van der Waals surface area (Å²) in [4.78, 5) is 20.0. The number of aryl methyl sites for hydroxylation is 1. The Balaban J connectivity index is 1.71. The monoisotopic (exact) mass is 565 g/mol. The zero-order chi connectivity index (χ0) is 23.4. The van der Waals surface area contributed by atoms with E-state index in [1.165, 1.54) is 12.1 Å². The molecule has 0 bridgehead atoms. The lowest BCUT2D eigenvalue weighted by atomic mass is 10.2. The number of pyridine rings is 1. The van der Waals surface area contributed by atoms with Gasteiger partial charge in [-0.2, -0.15) is 5.10 Å². The first-order valence-corrected chi connectivity index (χ1v) is 11.4. The van der Waals surface area contributed by atoms with Crippen molar-refractivity contribution in [1.29, 1.82) is 0 Å². The fourth-order valence-corrected chi connectivity index (χ4v) is 4.66. The number of non-ortho nitro benzene ring substituents is 1. The fourth-order valence-electron chi connectivity index (χ4n) is 3.14. The van der Waals surface area contributed by atoms with Crippen LogP contribution in [0.4, 0.5) is 11.4 Å². The Morgan fingerprint density at radius 2 is 1.82 bits per heavy atom. The van der Waals surface area contributed by atoms with E-state index >= 15 is 0 Å².